The van der Waals surface area contributed by atoms with Crippen LogP contribution in [0.1, 0.15) is 5.69 Å². The Hall–Kier alpha value is -3.71. The molecule has 0 radical (unpaired) electrons. The number of aromatic nitrogens is 3. The van der Waals surface area contributed by atoms with E-state index < -0.39 is 0 Å². The van der Waals surface area contributed by atoms with Gasteiger partial charge in [-0.1, -0.05) is 78.0 Å². The highest BCUT2D eigenvalue weighted by atomic mass is 15.3. The van der Waals surface area contributed by atoms with E-state index in [-0.39, 0.29) is 0 Å². The Labute approximate surface area is 145 Å². The number of H-pyrrole nitrogens is 1. The van der Waals surface area contributed by atoms with E-state index in [0.717, 1.165) is 16.7 Å². The van der Waals surface area contributed by atoms with Crippen molar-refractivity contribution < 1.29 is 0 Å². The van der Waals surface area contributed by atoms with Gasteiger partial charge in [-0.2, -0.15) is 5.26 Å². The molecule has 1 aromatic heterocycles. The van der Waals surface area contributed by atoms with Crippen LogP contribution in [0.3, 0.4) is 0 Å². The fourth-order valence-corrected chi connectivity index (χ4v) is 2.95. The number of rotatable bonds is 3. The molecule has 0 aliphatic carbocycles. The zero-order valence-electron chi connectivity index (χ0n) is 13.3. The predicted octanol–water partition coefficient (Wildman–Crippen LogP) is 4.68. The summed E-state index contributed by atoms with van der Waals surface area (Å²) in [6, 6.07) is 28.7. The van der Waals surface area contributed by atoms with Crippen molar-refractivity contribution in [3.63, 3.8) is 0 Å². The molecule has 0 fully saturated rings. The van der Waals surface area contributed by atoms with Gasteiger partial charge in [0, 0.05) is 5.56 Å². The molecule has 0 unspecified atom stereocenters. The van der Waals surface area contributed by atoms with Crippen LogP contribution in [0.5, 0.6) is 0 Å². The average Bonchev–Trinajstić information content (AvgIpc) is 3.18. The van der Waals surface area contributed by atoms with Gasteiger partial charge < -0.3 is 0 Å². The molecule has 1 N–H and O–H groups in total. The second kappa shape index (κ2) is 6.42. The maximum Gasteiger partial charge on any atom is 0.163 e. The number of hydrogen-bond donors (Lipinski definition) is 1. The first-order valence-corrected chi connectivity index (χ1v) is 7.93. The highest BCUT2D eigenvalue weighted by Crippen LogP contribution is 2.33. The molecule has 1 heterocycles. The summed E-state index contributed by atoms with van der Waals surface area (Å²) in [6.45, 7) is 0. The highest BCUT2D eigenvalue weighted by Gasteiger charge is 2.12. The summed E-state index contributed by atoms with van der Waals surface area (Å²) >= 11 is 0. The molecular weight excluding hydrogens is 308 g/mol. The zero-order valence-corrected chi connectivity index (χ0v) is 13.3. The number of nitrogens with one attached hydrogen (secondary N) is 1. The first-order chi connectivity index (χ1) is 12.4. The van der Waals surface area contributed by atoms with Crippen LogP contribution in [0.2, 0.25) is 0 Å². The number of nitrogens with zero attached hydrogens (tertiary/aromatic N) is 3. The quantitative estimate of drug-likeness (QED) is 0.595. The van der Waals surface area contributed by atoms with Crippen LogP contribution in [0.15, 0.2) is 78.9 Å². The summed E-state index contributed by atoms with van der Waals surface area (Å²) in [5.41, 5.74) is 6.35. The van der Waals surface area contributed by atoms with Crippen molar-refractivity contribution in [3.05, 3.63) is 84.6 Å². The third-order valence-corrected chi connectivity index (χ3v) is 4.12. The van der Waals surface area contributed by atoms with Crippen molar-refractivity contribution in [1.82, 2.24) is 15.4 Å². The standard InChI is InChI=1S/C21H14N4/c22-14-20-21(24-25-23-20)17-10-6-9-16(13-17)19-12-5-4-11-18(19)15-7-2-1-3-8-15/h1-13H,(H,23,24,25). The van der Waals surface area contributed by atoms with E-state index in [9.17, 15) is 5.26 Å². The minimum Gasteiger partial charge on any atom is -0.247 e. The van der Waals surface area contributed by atoms with E-state index in [1.54, 1.807) is 0 Å². The van der Waals surface area contributed by atoms with Gasteiger partial charge in [0.05, 0.1) is 0 Å². The summed E-state index contributed by atoms with van der Waals surface area (Å²) in [7, 11) is 0. The zero-order chi connectivity index (χ0) is 17.1. The third-order valence-electron chi connectivity index (χ3n) is 4.12. The molecular formula is C21H14N4. The summed E-state index contributed by atoms with van der Waals surface area (Å²) < 4.78 is 0. The summed E-state index contributed by atoms with van der Waals surface area (Å²) in [4.78, 5) is 0. The predicted molar refractivity (Wildman–Crippen MR) is 97.4 cm³/mol. The Morgan fingerprint density at radius 1 is 0.720 bits per heavy atom. The Bertz CT molecular complexity index is 1060. The second-order valence-corrected chi connectivity index (χ2v) is 5.64. The maximum absolute atomic E-state index is 9.19. The molecule has 4 nitrogen and oxygen atoms in total. The van der Waals surface area contributed by atoms with Crippen LogP contribution in [0.25, 0.3) is 33.5 Å². The Morgan fingerprint density at radius 2 is 1.36 bits per heavy atom. The highest BCUT2D eigenvalue weighted by molar-refractivity contribution is 5.85. The van der Waals surface area contributed by atoms with Crippen molar-refractivity contribution in [2.24, 2.45) is 0 Å². The van der Waals surface area contributed by atoms with Gasteiger partial charge in [0.2, 0.25) is 0 Å². The minimum atomic E-state index is 0.369. The molecule has 4 heteroatoms. The lowest BCUT2D eigenvalue weighted by Gasteiger charge is -2.11. The Morgan fingerprint density at radius 3 is 2.12 bits per heavy atom. The number of aromatic amines is 1. The topological polar surface area (TPSA) is 65.4 Å². The van der Waals surface area contributed by atoms with Crippen molar-refractivity contribution in [2.75, 3.05) is 0 Å². The van der Waals surface area contributed by atoms with E-state index in [4.69, 9.17) is 0 Å². The second-order valence-electron chi connectivity index (χ2n) is 5.64. The van der Waals surface area contributed by atoms with E-state index in [0.29, 0.717) is 11.4 Å². The van der Waals surface area contributed by atoms with Crippen LogP contribution >= 0.6 is 0 Å². The Balaban J connectivity index is 1.85. The van der Waals surface area contributed by atoms with Gasteiger partial charge in [-0.15, -0.1) is 5.10 Å². The lowest BCUT2D eigenvalue weighted by Crippen LogP contribution is -1.87. The molecule has 0 bridgehead atoms. The molecule has 4 rings (SSSR count). The number of benzene rings is 3. The fourth-order valence-electron chi connectivity index (χ4n) is 2.95. The summed E-state index contributed by atoms with van der Waals surface area (Å²) in [5.74, 6) is 0. The van der Waals surface area contributed by atoms with E-state index in [2.05, 4.69) is 51.8 Å². The molecule has 3 aromatic carbocycles. The normalized spacial score (nSPS) is 10.4. The van der Waals surface area contributed by atoms with Crippen LogP contribution in [-0.4, -0.2) is 15.4 Å². The lowest BCUT2D eigenvalue weighted by atomic mass is 9.93. The van der Waals surface area contributed by atoms with E-state index in [1.165, 1.54) is 11.1 Å². The van der Waals surface area contributed by atoms with E-state index in [1.807, 2.05) is 48.5 Å². The van der Waals surface area contributed by atoms with Crippen molar-refractivity contribution in [2.45, 2.75) is 0 Å². The molecule has 118 valence electrons. The van der Waals surface area contributed by atoms with Gasteiger partial charge in [0.1, 0.15) is 11.8 Å². The largest absolute Gasteiger partial charge is 0.247 e. The first kappa shape index (κ1) is 14.9. The molecule has 0 aliphatic heterocycles. The van der Waals surface area contributed by atoms with Gasteiger partial charge in [-0.05, 0) is 28.3 Å². The van der Waals surface area contributed by atoms with Gasteiger partial charge in [0.25, 0.3) is 0 Å². The Kier molecular flexibility index (Phi) is 3.82. The van der Waals surface area contributed by atoms with Gasteiger partial charge in [-0.25, -0.2) is 5.10 Å². The maximum atomic E-state index is 9.19. The van der Waals surface area contributed by atoms with Gasteiger partial charge >= 0.3 is 0 Å². The fraction of sp³-hybridized carbons (Fsp3) is 0. The molecule has 0 saturated heterocycles. The van der Waals surface area contributed by atoms with Crippen molar-refractivity contribution >= 4 is 0 Å². The number of hydrogen-bond acceptors (Lipinski definition) is 3. The van der Waals surface area contributed by atoms with Crippen LogP contribution in [-0.2, 0) is 0 Å². The molecule has 0 atom stereocenters. The molecule has 4 aromatic rings. The van der Waals surface area contributed by atoms with Crippen LogP contribution in [0, 0.1) is 11.3 Å². The summed E-state index contributed by atoms with van der Waals surface area (Å²) in [5, 5.41) is 19.6. The smallest absolute Gasteiger partial charge is 0.163 e. The minimum absolute atomic E-state index is 0.369. The monoisotopic (exact) mass is 322 g/mol. The van der Waals surface area contributed by atoms with Crippen molar-refractivity contribution in [1.29, 1.82) is 5.26 Å². The SMILES string of the molecule is N#Cc1[nH]nnc1-c1cccc(-c2ccccc2-c2ccccc2)c1. The number of nitriles is 1. The lowest BCUT2D eigenvalue weighted by molar-refractivity contribution is 0.937. The van der Waals surface area contributed by atoms with Gasteiger partial charge in [0.15, 0.2) is 5.69 Å². The average molecular weight is 322 g/mol. The first-order valence-electron chi connectivity index (χ1n) is 7.93. The molecule has 0 amide bonds. The van der Waals surface area contributed by atoms with E-state index >= 15 is 0 Å². The molecule has 0 spiro atoms. The summed E-state index contributed by atoms with van der Waals surface area (Å²) in [6.07, 6.45) is 0. The molecule has 25 heavy (non-hydrogen) atoms. The van der Waals surface area contributed by atoms with Gasteiger partial charge in [-0.3, -0.25) is 0 Å². The van der Waals surface area contributed by atoms with Crippen LogP contribution in [0.4, 0.5) is 0 Å². The molecule has 0 aliphatic rings. The van der Waals surface area contributed by atoms with Crippen LogP contribution < -0.4 is 0 Å². The molecule has 0 saturated carbocycles. The van der Waals surface area contributed by atoms with Crippen molar-refractivity contribution in [3.8, 4) is 39.6 Å². The third kappa shape index (κ3) is 2.79.